The molecule has 4 nitrogen and oxygen atoms in total. The van der Waals surface area contributed by atoms with Crippen molar-refractivity contribution in [2.45, 2.75) is 33.1 Å². The van der Waals surface area contributed by atoms with Gasteiger partial charge in [-0.3, -0.25) is 9.59 Å². The van der Waals surface area contributed by atoms with Gasteiger partial charge in [-0.15, -0.1) is 0 Å². The summed E-state index contributed by atoms with van der Waals surface area (Å²) >= 11 is 6.23. The van der Waals surface area contributed by atoms with Crippen LogP contribution >= 0.6 is 11.6 Å². The van der Waals surface area contributed by atoms with Gasteiger partial charge in [0.25, 0.3) is 0 Å². The van der Waals surface area contributed by atoms with Gasteiger partial charge in [-0.25, -0.2) is 0 Å². The van der Waals surface area contributed by atoms with Gasteiger partial charge in [0.1, 0.15) is 0 Å². The lowest BCUT2D eigenvalue weighted by atomic mass is 9.89. The lowest BCUT2D eigenvalue weighted by Crippen LogP contribution is -2.30. The van der Waals surface area contributed by atoms with Crippen molar-refractivity contribution in [3.63, 3.8) is 0 Å². The summed E-state index contributed by atoms with van der Waals surface area (Å²) in [5.41, 5.74) is 4.62. The van der Waals surface area contributed by atoms with E-state index in [9.17, 15) is 9.59 Å². The maximum Gasteiger partial charge on any atom is 0.227 e. The van der Waals surface area contributed by atoms with Gasteiger partial charge >= 0.3 is 0 Å². The Hall–Kier alpha value is -2.33. The smallest absolute Gasteiger partial charge is 0.227 e. The highest BCUT2D eigenvalue weighted by molar-refractivity contribution is 6.34. The van der Waals surface area contributed by atoms with Crippen molar-refractivity contribution >= 4 is 34.8 Å². The molecule has 0 saturated carbocycles. The predicted octanol–water partition coefficient (Wildman–Crippen LogP) is 4.49. The molecule has 0 aromatic heterocycles. The van der Waals surface area contributed by atoms with Crippen LogP contribution in [0.15, 0.2) is 36.4 Å². The van der Waals surface area contributed by atoms with Gasteiger partial charge < -0.3 is 10.6 Å². The number of benzene rings is 2. The number of aryl methyl sites for hydroxylation is 2. The van der Waals surface area contributed by atoms with Gasteiger partial charge in [-0.1, -0.05) is 35.9 Å². The van der Waals surface area contributed by atoms with E-state index >= 15 is 0 Å². The number of rotatable bonds is 4. The summed E-state index contributed by atoms with van der Waals surface area (Å²) in [6.07, 6.45) is 1.46. The molecule has 0 spiro atoms. The van der Waals surface area contributed by atoms with Crippen molar-refractivity contribution in [1.82, 2.24) is 0 Å². The fourth-order valence-corrected chi connectivity index (χ4v) is 3.60. The molecular formula is C20H21ClN2O2. The molecule has 2 aromatic rings. The average molecular weight is 357 g/mol. The van der Waals surface area contributed by atoms with Crippen LogP contribution in [0.5, 0.6) is 0 Å². The normalized spacial score (nSPS) is 16.1. The van der Waals surface area contributed by atoms with E-state index in [2.05, 4.69) is 10.6 Å². The Morgan fingerprint density at radius 3 is 2.80 bits per heavy atom. The molecule has 1 atom stereocenters. The number of para-hydroxylation sites is 1. The van der Waals surface area contributed by atoms with Crippen molar-refractivity contribution in [1.29, 1.82) is 0 Å². The van der Waals surface area contributed by atoms with E-state index in [4.69, 9.17) is 11.6 Å². The number of nitrogens with one attached hydrogen (secondary N) is 2. The van der Waals surface area contributed by atoms with Crippen LogP contribution in [0.4, 0.5) is 11.4 Å². The second-order valence-electron chi connectivity index (χ2n) is 6.57. The third kappa shape index (κ3) is 4.02. The number of carbonyl (C=O) groups excluding carboxylic acids is 2. The first kappa shape index (κ1) is 17.5. The number of halogens is 1. The van der Waals surface area contributed by atoms with Gasteiger partial charge in [0.05, 0.1) is 10.7 Å². The number of amides is 2. The summed E-state index contributed by atoms with van der Waals surface area (Å²) in [6.45, 7) is 3.88. The molecule has 0 bridgehead atoms. The molecule has 130 valence electrons. The topological polar surface area (TPSA) is 58.2 Å². The van der Waals surface area contributed by atoms with Gasteiger partial charge in [0.2, 0.25) is 11.8 Å². The Morgan fingerprint density at radius 1 is 1.28 bits per heavy atom. The Kier molecular flexibility index (Phi) is 5.09. The zero-order valence-electron chi connectivity index (χ0n) is 14.4. The average Bonchev–Trinajstić information content (AvgIpc) is 2.56. The molecule has 3 rings (SSSR count). The van der Waals surface area contributed by atoms with Gasteiger partial charge in [-0.2, -0.15) is 0 Å². The summed E-state index contributed by atoms with van der Waals surface area (Å²) in [4.78, 5) is 24.5. The van der Waals surface area contributed by atoms with Crippen molar-refractivity contribution in [2.24, 2.45) is 5.92 Å². The zero-order valence-corrected chi connectivity index (χ0v) is 15.1. The molecule has 2 N–H and O–H groups in total. The molecule has 0 radical (unpaired) electrons. The van der Waals surface area contributed by atoms with E-state index < -0.39 is 0 Å². The summed E-state index contributed by atoms with van der Waals surface area (Å²) < 4.78 is 0. The van der Waals surface area contributed by atoms with E-state index in [0.29, 0.717) is 23.6 Å². The minimum Gasteiger partial charge on any atom is -0.326 e. The monoisotopic (exact) mass is 356 g/mol. The molecule has 1 heterocycles. The molecule has 1 unspecified atom stereocenters. The van der Waals surface area contributed by atoms with Crippen LogP contribution in [-0.4, -0.2) is 11.8 Å². The molecule has 2 aromatic carbocycles. The van der Waals surface area contributed by atoms with Crippen LogP contribution in [0.2, 0.25) is 5.02 Å². The summed E-state index contributed by atoms with van der Waals surface area (Å²) in [7, 11) is 0. The predicted molar refractivity (Wildman–Crippen MR) is 101 cm³/mol. The van der Waals surface area contributed by atoms with Gasteiger partial charge in [-0.05, 0) is 55.5 Å². The summed E-state index contributed by atoms with van der Waals surface area (Å²) in [5, 5.41) is 6.33. The van der Waals surface area contributed by atoms with Crippen LogP contribution in [-0.2, 0) is 16.0 Å². The van der Waals surface area contributed by atoms with Gasteiger partial charge in [0, 0.05) is 18.0 Å². The fraction of sp³-hybridized carbons (Fsp3) is 0.300. The highest BCUT2D eigenvalue weighted by atomic mass is 35.5. The molecule has 1 aliphatic heterocycles. The zero-order chi connectivity index (χ0) is 18.0. The molecule has 0 saturated heterocycles. The number of carbonyl (C=O) groups is 2. The number of hydrogen-bond acceptors (Lipinski definition) is 2. The molecule has 0 fully saturated rings. The molecule has 25 heavy (non-hydrogen) atoms. The summed E-state index contributed by atoms with van der Waals surface area (Å²) in [6, 6.07) is 11.6. The van der Waals surface area contributed by atoms with Crippen LogP contribution in [0.1, 0.15) is 29.5 Å². The van der Waals surface area contributed by atoms with Crippen LogP contribution < -0.4 is 10.6 Å². The van der Waals surface area contributed by atoms with Crippen molar-refractivity contribution in [3.8, 4) is 0 Å². The Bertz CT molecular complexity index is 809. The third-order valence-electron chi connectivity index (χ3n) is 4.53. The van der Waals surface area contributed by atoms with Crippen molar-refractivity contribution < 1.29 is 9.59 Å². The SMILES string of the molecule is Cc1cc(C)c(NC(=O)CCC2Cc3ccccc3NC2=O)c(Cl)c1. The lowest BCUT2D eigenvalue weighted by molar-refractivity contribution is -0.121. The van der Waals surface area contributed by atoms with Crippen LogP contribution in [0.3, 0.4) is 0 Å². The van der Waals surface area contributed by atoms with E-state index in [1.165, 1.54) is 0 Å². The second kappa shape index (κ2) is 7.28. The van der Waals surface area contributed by atoms with E-state index in [0.717, 1.165) is 22.4 Å². The minimum atomic E-state index is -0.185. The van der Waals surface area contributed by atoms with E-state index in [1.807, 2.05) is 50.2 Å². The number of fused-ring (bicyclic) bond motifs is 1. The summed E-state index contributed by atoms with van der Waals surface area (Å²) in [5.74, 6) is -0.327. The molecular weight excluding hydrogens is 336 g/mol. The first-order chi connectivity index (χ1) is 11.9. The van der Waals surface area contributed by atoms with E-state index in [1.54, 1.807) is 0 Å². The van der Waals surface area contributed by atoms with Crippen LogP contribution in [0, 0.1) is 19.8 Å². The minimum absolute atomic E-state index is 0.0175. The third-order valence-corrected chi connectivity index (χ3v) is 4.83. The number of hydrogen-bond donors (Lipinski definition) is 2. The largest absolute Gasteiger partial charge is 0.326 e. The molecule has 1 aliphatic rings. The van der Waals surface area contributed by atoms with Crippen molar-refractivity contribution in [2.75, 3.05) is 10.6 Å². The highest BCUT2D eigenvalue weighted by Gasteiger charge is 2.26. The maximum atomic E-state index is 12.3. The Morgan fingerprint density at radius 2 is 2.04 bits per heavy atom. The van der Waals surface area contributed by atoms with Crippen molar-refractivity contribution in [3.05, 3.63) is 58.1 Å². The Balaban J connectivity index is 1.61. The fourth-order valence-electron chi connectivity index (χ4n) is 3.23. The quantitative estimate of drug-likeness (QED) is 0.848. The Labute approximate surface area is 152 Å². The van der Waals surface area contributed by atoms with Crippen LogP contribution in [0.25, 0.3) is 0 Å². The second-order valence-corrected chi connectivity index (χ2v) is 6.98. The molecule has 0 aliphatic carbocycles. The molecule has 5 heteroatoms. The first-order valence-electron chi connectivity index (χ1n) is 8.39. The number of anilines is 2. The maximum absolute atomic E-state index is 12.3. The lowest BCUT2D eigenvalue weighted by Gasteiger charge is -2.24. The standard InChI is InChI=1S/C20H21ClN2O2/c1-12-9-13(2)19(16(21)10-12)23-18(24)8-7-15-11-14-5-3-4-6-17(14)22-20(15)25/h3-6,9-10,15H,7-8,11H2,1-2H3,(H,22,25)(H,23,24). The van der Waals surface area contributed by atoms with Gasteiger partial charge in [0.15, 0.2) is 0 Å². The first-order valence-corrected chi connectivity index (χ1v) is 8.77. The van der Waals surface area contributed by atoms with E-state index in [-0.39, 0.29) is 24.2 Å². The highest BCUT2D eigenvalue weighted by Crippen LogP contribution is 2.29. The molecule has 2 amide bonds.